The highest BCUT2D eigenvalue weighted by molar-refractivity contribution is 7.98. The first-order chi connectivity index (χ1) is 9.90. The molecule has 0 saturated carbocycles. The molecule has 1 N–H and O–H groups in total. The smallest absolute Gasteiger partial charge is 0.323 e. The van der Waals surface area contributed by atoms with Gasteiger partial charge >= 0.3 is 5.97 Å². The van der Waals surface area contributed by atoms with Crippen molar-refractivity contribution < 1.29 is 19.6 Å². The number of carboxylic acids is 1. The minimum Gasteiger partial charge on any atom is -0.480 e. The van der Waals surface area contributed by atoms with Gasteiger partial charge in [-0.3, -0.25) is 19.7 Å². The van der Waals surface area contributed by atoms with Crippen molar-refractivity contribution >= 4 is 29.3 Å². The lowest BCUT2D eigenvalue weighted by molar-refractivity contribution is -0.385. The first-order valence-electron chi connectivity index (χ1n) is 5.67. The Morgan fingerprint density at radius 3 is 2.67 bits per heavy atom. The molecule has 21 heavy (non-hydrogen) atoms. The van der Waals surface area contributed by atoms with Crippen LogP contribution in [0.3, 0.4) is 0 Å². The van der Waals surface area contributed by atoms with Crippen LogP contribution in [0.15, 0.2) is 23.1 Å². The molecule has 0 fully saturated rings. The Morgan fingerprint density at radius 1 is 1.52 bits per heavy atom. The zero-order valence-electron chi connectivity index (χ0n) is 11.1. The molecule has 0 radical (unpaired) electrons. The summed E-state index contributed by atoms with van der Waals surface area (Å²) in [6.45, 7) is -0.866. The highest BCUT2D eigenvalue weighted by Gasteiger charge is 2.26. The minimum atomic E-state index is -1.25. The molecule has 7 nitrogen and oxygen atoms in total. The molecular weight excluding hydrogens is 296 g/mol. The van der Waals surface area contributed by atoms with Crippen molar-refractivity contribution in [3.63, 3.8) is 0 Å². The van der Waals surface area contributed by atoms with Gasteiger partial charge in [0.05, 0.1) is 11.5 Å². The zero-order valence-corrected chi connectivity index (χ0v) is 11.9. The van der Waals surface area contributed by atoms with Crippen LogP contribution in [0.5, 0.6) is 0 Å². The van der Waals surface area contributed by atoms with Gasteiger partial charge < -0.3 is 10.0 Å². The predicted molar refractivity (Wildman–Crippen MR) is 77.2 cm³/mol. The first-order valence-corrected chi connectivity index (χ1v) is 6.90. The summed E-state index contributed by atoms with van der Waals surface area (Å²) in [4.78, 5) is 34.9. The summed E-state index contributed by atoms with van der Waals surface area (Å²) in [6, 6.07) is 4.09. The van der Waals surface area contributed by atoms with Gasteiger partial charge in [-0.05, 0) is 18.4 Å². The van der Waals surface area contributed by atoms with Gasteiger partial charge in [0.2, 0.25) is 0 Å². The number of aliphatic carboxylic acids is 1. The number of rotatable bonds is 6. The molecule has 0 unspecified atom stereocenters. The number of thioether (sulfide) groups is 1. The van der Waals surface area contributed by atoms with E-state index in [1.165, 1.54) is 30.0 Å². The molecule has 110 valence electrons. The van der Waals surface area contributed by atoms with E-state index < -0.39 is 23.3 Å². The molecular formula is C13H12N2O5S. The predicted octanol–water partition coefficient (Wildman–Crippen LogP) is 1.48. The van der Waals surface area contributed by atoms with Gasteiger partial charge in [0, 0.05) is 11.0 Å². The minimum absolute atomic E-state index is 0.177. The lowest BCUT2D eigenvalue weighted by atomic mass is 10.1. The highest BCUT2D eigenvalue weighted by atomic mass is 32.2. The van der Waals surface area contributed by atoms with Gasteiger partial charge in [0.1, 0.15) is 12.1 Å². The molecule has 0 heterocycles. The summed E-state index contributed by atoms with van der Waals surface area (Å²) >= 11 is 1.31. The third-order valence-corrected chi connectivity index (χ3v) is 3.25. The van der Waals surface area contributed by atoms with E-state index in [0.717, 1.165) is 4.90 Å². The van der Waals surface area contributed by atoms with Crippen molar-refractivity contribution in [3.05, 3.63) is 33.9 Å². The quantitative estimate of drug-likeness (QED) is 0.370. The zero-order chi connectivity index (χ0) is 16.0. The van der Waals surface area contributed by atoms with Crippen LogP contribution in [-0.4, -0.2) is 46.2 Å². The summed E-state index contributed by atoms with van der Waals surface area (Å²) in [6.07, 6.45) is 6.86. The number of nitro groups is 1. The van der Waals surface area contributed by atoms with Gasteiger partial charge in [0.15, 0.2) is 0 Å². The molecule has 0 aliphatic heterocycles. The van der Waals surface area contributed by atoms with E-state index >= 15 is 0 Å². The average molecular weight is 308 g/mol. The molecule has 0 aromatic heterocycles. The normalized spacial score (nSPS) is 9.71. The van der Waals surface area contributed by atoms with Crippen LogP contribution in [0, 0.1) is 22.5 Å². The fraction of sp³-hybridized carbons (Fsp3) is 0.231. The molecule has 0 saturated heterocycles. The van der Waals surface area contributed by atoms with Crippen molar-refractivity contribution in [2.24, 2.45) is 0 Å². The Balaban J connectivity index is 3.27. The number of hydrogen-bond donors (Lipinski definition) is 1. The van der Waals surface area contributed by atoms with E-state index in [-0.39, 0.29) is 17.8 Å². The maximum Gasteiger partial charge on any atom is 0.323 e. The molecule has 1 aromatic rings. The van der Waals surface area contributed by atoms with Crippen LogP contribution in [-0.2, 0) is 4.79 Å². The van der Waals surface area contributed by atoms with E-state index in [4.69, 9.17) is 11.5 Å². The monoisotopic (exact) mass is 308 g/mol. The maximum absolute atomic E-state index is 12.3. The number of nitrogens with zero attached hydrogens (tertiary/aromatic N) is 2. The van der Waals surface area contributed by atoms with E-state index in [2.05, 4.69) is 5.92 Å². The number of terminal acetylenes is 1. The van der Waals surface area contributed by atoms with Crippen molar-refractivity contribution in [2.45, 2.75) is 4.90 Å². The van der Waals surface area contributed by atoms with Crippen LogP contribution >= 0.6 is 11.8 Å². The summed E-state index contributed by atoms with van der Waals surface area (Å²) in [5, 5.41) is 19.8. The summed E-state index contributed by atoms with van der Waals surface area (Å²) in [5.41, 5.74) is -0.562. The maximum atomic E-state index is 12.3. The molecule has 1 amide bonds. The Hall–Kier alpha value is -2.53. The van der Waals surface area contributed by atoms with Crippen molar-refractivity contribution in [3.8, 4) is 12.3 Å². The Morgan fingerprint density at radius 2 is 2.19 bits per heavy atom. The third-order valence-electron chi connectivity index (χ3n) is 2.53. The van der Waals surface area contributed by atoms with Gasteiger partial charge in [-0.15, -0.1) is 18.2 Å². The van der Waals surface area contributed by atoms with Gasteiger partial charge in [0.25, 0.3) is 11.6 Å². The molecule has 0 aliphatic rings. The van der Waals surface area contributed by atoms with E-state index in [0.29, 0.717) is 4.90 Å². The number of hydrogen-bond acceptors (Lipinski definition) is 5. The molecule has 0 aliphatic carbocycles. The fourth-order valence-electron chi connectivity index (χ4n) is 1.62. The van der Waals surface area contributed by atoms with Crippen LogP contribution < -0.4 is 0 Å². The van der Waals surface area contributed by atoms with E-state index in [1.54, 1.807) is 6.26 Å². The van der Waals surface area contributed by atoms with Crippen LogP contribution in [0.2, 0.25) is 0 Å². The molecule has 1 rings (SSSR count). The lowest BCUT2D eigenvalue weighted by Gasteiger charge is -2.18. The highest BCUT2D eigenvalue weighted by Crippen LogP contribution is 2.25. The van der Waals surface area contributed by atoms with Crippen molar-refractivity contribution in [2.75, 3.05) is 19.3 Å². The summed E-state index contributed by atoms with van der Waals surface area (Å²) in [7, 11) is 0. The first kappa shape index (κ1) is 16.5. The Kier molecular flexibility index (Phi) is 5.75. The number of benzene rings is 1. The molecule has 8 heteroatoms. The van der Waals surface area contributed by atoms with Crippen LogP contribution in [0.1, 0.15) is 10.4 Å². The standard InChI is InChI=1S/C13H12N2O5S/c1-3-6-14(8-12(16)17)13(18)10-7-9(21-2)4-5-11(10)15(19)20/h1,4-5,7H,6,8H2,2H3,(H,16,17). The topological polar surface area (TPSA) is 101 Å². The van der Waals surface area contributed by atoms with Crippen molar-refractivity contribution in [1.82, 2.24) is 4.90 Å². The van der Waals surface area contributed by atoms with Crippen LogP contribution in [0.4, 0.5) is 5.69 Å². The second-order valence-corrected chi connectivity index (χ2v) is 4.78. The average Bonchev–Trinajstić information content (AvgIpc) is 2.44. The van der Waals surface area contributed by atoms with Gasteiger partial charge in [-0.25, -0.2) is 0 Å². The number of carbonyl (C=O) groups excluding carboxylic acids is 1. The van der Waals surface area contributed by atoms with Crippen LogP contribution in [0.25, 0.3) is 0 Å². The van der Waals surface area contributed by atoms with Gasteiger partial charge in [-0.2, -0.15) is 0 Å². The SMILES string of the molecule is C#CCN(CC(=O)O)C(=O)c1cc(SC)ccc1[N+](=O)[O-]. The second kappa shape index (κ2) is 7.31. The van der Waals surface area contributed by atoms with E-state index in [9.17, 15) is 19.7 Å². The molecule has 0 bridgehead atoms. The molecule has 1 aromatic carbocycles. The summed E-state index contributed by atoms with van der Waals surface area (Å²) in [5.74, 6) is 0.140. The number of carbonyl (C=O) groups is 2. The van der Waals surface area contributed by atoms with Crippen molar-refractivity contribution in [1.29, 1.82) is 0 Å². The Bertz CT molecular complexity index is 623. The largest absolute Gasteiger partial charge is 0.480 e. The number of amides is 1. The molecule has 0 atom stereocenters. The number of nitro benzene ring substituents is 1. The third kappa shape index (κ3) is 4.22. The number of carboxylic acid groups (broad SMARTS) is 1. The van der Waals surface area contributed by atoms with Gasteiger partial charge in [-0.1, -0.05) is 5.92 Å². The Labute approximate surface area is 125 Å². The van der Waals surface area contributed by atoms with E-state index in [1.807, 2.05) is 0 Å². The molecule has 0 spiro atoms. The fourth-order valence-corrected chi connectivity index (χ4v) is 2.06. The second-order valence-electron chi connectivity index (χ2n) is 3.90. The lowest BCUT2D eigenvalue weighted by Crippen LogP contribution is -2.36. The summed E-state index contributed by atoms with van der Waals surface area (Å²) < 4.78 is 0.